The van der Waals surface area contributed by atoms with Crippen LogP contribution in [0.2, 0.25) is 0 Å². The number of halogens is 2. The van der Waals surface area contributed by atoms with Gasteiger partial charge in [-0.2, -0.15) is 4.39 Å². The molecule has 0 aliphatic rings. The number of aliphatic hydroxyl groups is 1. The van der Waals surface area contributed by atoms with E-state index in [2.05, 4.69) is 5.32 Å². The standard InChI is InChI=1S/C10H10F2N2O4/c11-7-5-9(14(17)18)8(12)4-6(7)10(16)13-2-1-3-15/h4-5,15H,1-3H2,(H,13,16). The molecule has 0 saturated heterocycles. The van der Waals surface area contributed by atoms with Crippen LogP contribution < -0.4 is 5.32 Å². The van der Waals surface area contributed by atoms with Crippen LogP contribution in [-0.4, -0.2) is 29.1 Å². The van der Waals surface area contributed by atoms with E-state index >= 15 is 0 Å². The van der Waals surface area contributed by atoms with Crippen molar-refractivity contribution in [3.05, 3.63) is 39.4 Å². The Morgan fingerprint density at radius 3 is 2.61 bits per heavy atom. The molecule has 8 heteroatoms. The van der Waals surface area contributed by atoms with E-state index in [0.717, 1.165) is 0 Å². The zero-order valence-electron chi connectivity index (χ0n) is 9.15. The van der Waals surface area contributed by atoms with Crippen molar-refractivity contribution in [2.45, 2.75) is 6.42 Å². The molecular weight excluding hydrogens is 250 g/mol. The predicted molar refractivity (Wildman–Crippen MR) is 57.0 cm³/mol. The first kappa shape index (κ1) is 14.0. The van der Waals surface area contributed by atoms with Gasteiger partial charge in [-0.15, -0.1) is 0 Å². The summed E-state index contributed by atoms with van der Waals surface area (Å²) in [6, 6.07) is 0.831. The quantitative estimate of drug-likeness (QED) is 0.469. The topological polar surface area (TPSA) is 92.5 Å². The molecule has 2 N–H and O–H groups in total. The minimum Gasteiger partial charge on any atom is -0.396 e. The molecular formula is C10H10F2N2O4. The van der Waals surface area contributed by atoms with Crippen molar-refractivity contribution in [1.29, 1.82) is 0 Å². The summed E-state index contributed by atoms with van der Waals surface area (Å²) in [5.74, 6) is -3.35. The average molecular weight is 260 g/mol. The second-order valence-corrected chi connectivity index (χ2v) is 3.37. The fourth-order valence-corrected chi connectivity index (χ4v) is 1.23. The maximum atomic E-state index is 13.4. The number of rotatable bonds is 5. The van der Waals surface area contributed by atoms with Gasteiger partial charge in [-0.25, -0.2) is 4.39 Å². The van der Waals surface area contributed by atoms with Gasteiger partial charge in [-0.05, 0) is 12.5 Å². The van der Waals surface area contributed by atoms with E-state index in [0.29, 0.717) is 12.1 Å². The number of nitro groups is 1. The van der Waals surface area contributed by atoms with E-state index in [9.17, 15) is 23.7 Å². The van der Waals surface area contributed by atoms with Crippen molar-refractivity contribution in [3.8, 4) is 0 Å². The number of hydrogen-bond donors (Lipinski definition) is 2. The third-order valence-electron chi connectivity index (χ3n) is 2.10. The Kier molecular flexibility index (Phi) is 4.67. The van der Waals surface area contributed by atoms with Gasteiger partial charge in [0.2, 0.25) is 5.82 Å². The van der Waals surface area contributed by atoms with Gasteiger partial charge in [0.25, 0.3) is 5.91 Å². The van der Waals surface area contributed by atoms with Gasteiger partial charge in [0.15, 0.2) is 0 Å². The highest BCUT2D eigenvalue weighted by molar-refractivity contribution is 5.94. The average Bonchev–Trinajstić information content (AvgIpc) is 2.31. The van der Waals surface area contributed by atoms with Gasteiger partial charge in [0, 0.05) is 13.2 Å². The van der Waals surface area contributed by atoms with Crippen LogP contribution >= 0.6 is 0 Å². The number of hydrogen-bond acceptors (Lipinski definition) is 4. The Morgan fingerprint density at radius 1 is 1.39 bits per heavy atom. The zero-order valence-corrected chi connectivity index (χ0v) is 9.15. The van der Waals surface area contributed by atoms with Gasteiger partial charge >= 0.3 is 5.69 Å². The van der Waals surface area contributed by atoms with E-state index in [1.165, 1.54) is 0 Å². The fraction of sp³-hybridized carbons (Fsp3) is 0.300. The number of nitrogens with zero attached hydrogens (tertiary/aromatic N) is 1. The van der Waals surface area contributed by atoms with E-state index in [-0.39, 0.29) is 19.6 Å². The van der Waals surface area contributed by atoms with E-state index in [1.54, 1.807) is 0 Å². The van der Waals surface area contributed by atoms with E-state index in [4.69, 9.17) is 5.11 Å². The first-order chi connectivity index (χ1) is 8.47. The van der Waals surface area contributed by atoms with Gasteiger partial charge in [0.1, 0.15) is 5.82 Å². The maximum absolute atomic E-state index is 13.4. The second-order valence-electron chi connectivity index (χ2n) is 3.37. The van der Waals surface area contributed by atoms with Gasteiger partial charge in [-0.1, -0.05) is 0 Å². The number of carbonyl (C=O) groups excluding carboxylic acids is 1. The lowest BCUT2D eigenvalue weighted by atomic mass is 10.1. The Bertz CT molecular complexity index is 479. The number of carbonyl (C=O) groups is 1. The molecule has 0 spiro atoms. The summed E-state index contributed by atoms with van der Waals surface area (Å²) in [6.07, 6.45) is 0.267. The highest BCUT2D eigenvalue weighted by Gasteiger charge is 2.21. The fourth-order valence-electron chi connectivity index (χ4n) is 1.23. The van der Waals surface area contributed by atoms with Crippen LogP contribution in [0.3, 0.4) is 0 Å². The third-order valence-corrected chi connectivity index (χ3v) is 2.10. The first-order valence-corrected chi connectivity index (χ1v) is 5.00. The van der Waals surface area contributed by atoms with Crippen molar-refractivity contribution in [3.63, 3.8) is 0 Å². The third kappa shape index (κ3) is 3.20. The molecule has 0 atom stereocenters. The first-order valence-electron chi connectivity index (χ1n) is 5.00. The summed E-state index contributed by atoms with van der Waals surface area (Å²) in [7, 11) is 0. The summed E-state index contributed by atoms with van der Waals surface area (Å²) < 4.78 is 26.6. The minimum atomic E-state index is -1.28. The van der Waals surface area contributed by atoms with Crippen molar-refractivity contribution >= 4 is 11.6 Å². The molecule has 0 fully saturated rings. The lowest BCUT2D eigenvalue weighted by molar-refractivity contribution is -0.387. The number of aliphatic hydroxyl groups excluding tert-OH is 1. The molecule has 0 saturated carbocycles. The number of nitro benzene ring substituents is 1. The van der Waals surface area contributed by atoms with E-state index in [1.807, 2.05) is 0 Å². The summed E-state index contributed by atoms with van der Waals surface area (Å²) in [6.45, 7) is -0.0647. The Morgan fingerprint density at radius 2 is 2.06 bits per heavy atom. The predicted octanol–water partition coefficient (Wildman–Crippen LogP) is 0.985. The summed E-state index contributed by atoms with van der Waals surface area (Å²) in [5, 5.41) is 21.1. The Labute approximate surface area is 100 Å². The van der Waals surface area contributed by atoms with Crippen molar-refractivity contribution in [2.24, 2.45) is 0 Å². The van der Waals surface area contributed by atoms with Crippen LogP contribution in [0.1, 0.15) is 16.8 Å². The second kappa shape index (κ2) is 6.01. The SMILES string of the molecule is O=C(NCCCO)c1cc(F)c([N+](=O)[O-])cc1F. The van der Waals surface area contributed by atoms with Crippen molar-refractivity contribution < 1.29 is 23.6 Å². The molecule has 1 aromatic rings. The van der Waals surface area contributed by atoms with Crippen LogP contribution in [-0.2, 0) is 0 Å². The molecule has 1 rings (SSSR count). The van der Waals surface area contributed by atoms with Crippen LogP contribution in [0, 0.1) is 21.7 Å². The molecule has 1 aromatic carbocycles. The van der Waals surface area contributed by atoms with Crippen molar-refractivity contribution in [1.82, 2.24) is 5.32 Å². The molecule has 0 bridgehead atoms. The molecule has 0 aromatic heterocycles. The molecule has 1 amide bonds. The molecule has 0 aliphatic carbocycles. The molecule has 98 valence electrons. The highest BCUT2D eigenvalue weighted by Crippen LogP contribution is 2.21. The summed E-state index contributed by atoms with van der Waals surface area (Å²) >= 11 is 0. The molecule has 0 radical (unpaired) electrons. The largest absolute Gasteiger partial charge is 0.396 e. The van der Waals surface area contributed by atoms with Crippen LogP contribution in [0.4, 0.5) is 14.5 Å². The summed E-state index contributed by atoms with van der Waals surface area (Å²) in [4.78, 5) is 20.7. The lowest BCUT2D eigenvalue weighted by Gasteiger charge is -2.05. The van der Waals surface area contributed by atoms with Gasteiger partial charge in [0.05, 0.1) is 16.6 Å². The van der Waals surface area contributed by atoms with Crippen LogP contribution in [0.25, 0.3) is 0 Å². The molecule has 0 heterocycles. The van der Waals surface area contributed by atoms with Crippen LogP contribution in [0.15, 0.2) is 12.1 Å². The smallest absolute Gasteiger partial charge is 0.307 e. The highest BCUT2D eigenvalue weighted by atomic mass is 19.1. The Hall–Kier alpha value is -2.09. The summed E-state index contributed by atoms with van der Waals surface area (Å²) in [5.41, 5.74) is -1.64. The minimum absolute atomic E-state index is 0.0907. The van der Waals surface area contributed by atoms with Crippen molar-refractivity contribution in [2.75, 3.05) is 13.2 Å². The maximum Gasteiger partial charge on any atom is 0.307 e. The van der Waals surface area contributed by atoms with Gasteiger partial charge < -0.3 is 10.4 Å². The van der Waals surface area contributed by atoms with E-state index < -0.39 is 33.7 Å². The number of amides is 1. The molecule has 0 unspecified atom stereocenters. The molecule has 0 aliphatic heterocycles. The Balaban J connectivity index is 2.93. The molecule has 6 nitrogen and oxygen atoms in total. The zero-order chi connectivity index (χ0) is 13.7. The number of nitrogens with one attached hydrogen (secondary N) is 1. The lowest BCUT2D eigenvalue weighted by Crippen LogP contribution is -2.26. The normalized spacial score (nSPS) is 10.2. The number of benzene rings is 1. The molecule has 18 heavy (non-hydrogen) atoms. The van der Waals surface area contributed by atoms with Gasteiger partial charge in [-0.3, -0.25) is 14.9 Å². The van der Waals surface area contributed by atoms with Crippen LogP contribution in [0.5, 0.6) is 0 Å². The monoisotopic (exact) mass is 260 g/mol.